The first kappa shape index (κ1) is 9.81. The molecule has 0 radical (unpaired) electrons. The first-order valence-electron chi connectivity index (χ1n) is 4.81. The molecule has 2 rings (SSSR count). The SMILES string of the molecule is CN1CCC(C)(N)c2cc(Cl)ccc21. The number of hydrogen-bond donors (Lipinski definition) is 1. The van der Waals surface area contributed by atoms with Crippen LogP contribution in [-0.4, -0.2) is 13.6 Å². The minimum Gasteiger partial charge on any atom is -0.374 e. The molecule has 2 nitrogen and oxygen atoms in total. The third-order valence-corrected chi connectivity index (χ3v) is 3.19. The molecule has 0 spiro atoms. The molecule has 0 bridgehead atoms. The van der Waals surface area contributed by atoms with Gasteiger partial charge in [-0.3, -0.25) is 0 Å². The van der Waals surface area contributed by atoms with Crippen LogP contribution in [-0.2, 0) is 5.54 Å². The molecule has 76 valence electrons. The molecule has 1 heterocycles. The normalized spacial score (nSPS) is 26.1. The topological polar surface area (TPSA) is 29.3 Å². The number of rotatable bonds is 0. The smallest absolute Gasteiger partial charge is 0.0419 e. The second-order valence-electron chi connectivity index (χ2n) is 4.25. The highest BCUT2D eigenvalue weighted by atomic mass is 35.5. The van der Waals surface area contributed by atoms with Gasteiger partial charge >= 0.3 is 0 Å². The van der Waals surface area contributed by atoms with Crippen LogP contribution < -0.4 is 10.6 Å². The van der Waals surface area contributed by atoms with E-state index in [0.29, 0.717) is 0 Å². The zero-order valence-electron chi connectivity index (χ0n) is 8.55. The lowest BCUT2D eigenvalue weighted by Crippen LogP contribution is -2.42. The number of benzene rings is 1. The molecule has 1 aromatic rings. The van der Waals surface area contributed by atoms with E-state index in [9.17, 15) is 0 Å². The zero-order chi connectivity index (χ0) is 10.3. The highest BCUT2D eigenvalue weighted by molar-refractivity contribution is 6.30. The summed E-state index contributed by atoms with van der Waals surface area (Å²) >= 11 is 5.98. The van der Waals surface area contributed by atoms with Crippen LogP contribution >= 0.6 is 11.6 Å². The first-order chi connectivity index (χ1) is 6.50. The van der Waals surface area contributed by atoms with Crippen LogP contribution in [0.1, 0.15) is 18.9 Å². The summed E-state index contributed by atoms with van der Waals surface area (Å²) in [6, 6.07) is 5.94. The van der Waals surface area contributed by atoms with E-state index in [1.165, 1.54) is 5.69 Å². The molecule has 0 saturated heterocycles. The Balaban J connectivity index is 2.58. The van der Waals surface area contributed by atoms with Crippen LogP contribution in [0.2, 0.25) is 5.02 Å². The molecule has 1 aliphatic heterocycles. The predicted molar refractivity (Wildman–Crippen MR) is 60.9 cm³/mol. The van der Waals surface area contributed by atoms with Crippen LogP contribution in [0.25, 0.3) is 0 Å². The second-order valence-corrected chi connectivity index (χ2v) is 4.69. The Hall–Kier alpha value is -0.730. The van der Waals surface area contributed by atoms with Gasteiger partial charge in [0.05, 0.1) is 0 Å². The Morgan fingerprint density at radius 3 is 2.93 bits per heavy atom. The molecule has 0 amide bonds. The van der Waals surface area contributed by atoms with Gasteiger partial charge in [0.25, 0.3) is 0 Å². The second kappa shape index (κ2) is 3.14. The van der Waals surface area contributed by atoms with Gasteiger partial charge in [0, 0.05) is 29.8 Å². The molecule has 14 heavy (non-hydrogen) atoms. The van der Waals surface area contributed by atoms with Crippen LogP contribution in [0.4, 0.5) is 5.69 Å². The van der Waals surface area contributed by atoms with Crippen molar-refractivity contribution in [3.8, 4) is 0 Å². The highest BCUT2D eigenvalue weighted by Gasteiger charge is 2.30. The minimum atomic E-state index is -0.243. The number of halogens is 1. The maximum Gasteiger partial charge on any atom is 0.0419 e. The fraction of sp³-hybridized carbons (Fsp3) is 0.455. The fourth-order valence-electron chi connectivity index (χ4n) is 1.95. The lowest BCUT2D eigenvalue weighted by molar-refractivity contribution is 0.437. The van der Waals surface area contributed by atoms with Gasteiger partial charge in [-0.1, -0.05) is 11.6 Å². The van der Waals surface area contributed by atoms with Crippen LogP contribution in [0.3, 0.4) is 0 Å². The first-order valence-corrected chi connectivity index (χ1v) is 5.18. The van der Waals surface area contributed by atoms with Gasteiger partial charge in [-0.15, -0.1) is 0 Å². The Bertz CT molecular complexity index is 360. The van der Waals surface area contributed by atoms with E-state index >= 15 is 0 Å². The van der Waals surface area contributed by atoms with Crippen molar-refractivity contribution in [2.24, 2.45) is 5.73 Å². The molecular formula is C11H15ClN2. The molecule has 1 atom stereocenters. The van der Waals surface area contributed by atoms with Crippen LogP contribution in [0.5, 0.6) is 0 Å². The van der Waals surface area contributed by atoms with E-state index in [4.69, 9.17) is 17.3 Å². The van der Waals surface area contributed by atoms with E-state index in [0.717, 1.165) is 23.6 Å². The van der Waals surface area contributed by atoms with Gasteiger partial charge in [0.1, 0.15) is 0 Å². The van der Waals surface area contributed by atoms with Gasteiger partial charge in [0.2, 0.25) is 0 Å². The van der Waals surface area contributed by atoms with E-state index in [1.54, 1.807) is 0 Å². The zero-order valence-corrected chi connectivity index (χ0v) is 9.30. The van der Waals surface area contributed by atoms with Gasteiger partial charge in [-0.25, -0.2) is 0 Å². The minimum absolute atomic E-state index is 0.243. The largest absolute Gasteiger partial charge is 0.374 e. The molecule has 1 unspecified atom stereocenters. The molecule has 3 heteroatoms. The summed E-state index contributed by atoms with van der Waals surface area (Å²) in [5.41, 5.74) is 8.34. The quantitative estimate of drug-likeness (QED) is 0.713. The number of anilines is 1. The lowest BCUT2D eigenvalue weighted by atomic mass is 9.85. The summed E-state index contributed by atoms with van der Waals surface area (Å²) in [6.45, 7) is 3.07. The Morgan fingerprint density at radius 1 is 1.50 bits per heavy atom. The fourth-order valence-corrected chi connectivity index (χ4v) is 2.13. The van der Waals surface area contributed by atoms with E-state index in [-0.39, 0.29) is 5.54 Å². The number of hydrogen-bond acceptors (Lipinski definition) is 2. The summed E-state index contributed by atoms with van der Waals surface area (Å²) < 4.78 is 0. The van der Waals surface area contributed by atoms with Crippen LogP contribution in [0.15, 0.2) is 18.2 Å². The standard InChI is InChI=1S/C11H15ClN2/c1-11(13)5-6-14(2)10-4-3-8(12)7-9(10)11/h3-4,7H,5-6,13H2,1-2H3. The molecular weight excluding hydrogens is 196 g/mol. The van der Waals surface area contributed by atoms with Crippen molar-refractivity contribution in [3.63, 3.8) is 0 Å². The maximum atomic E-state index is 6.24. The third-order valence-electron chi connectivity index (χ3n) is 2.95. The molecule has 1 aromatic carbocycles. The molecule has 0 aliphatic carbocycles. The molecule has 2 N–H and O–H groups in total. The number of fused-ring (bicyclic) bond motifs is 1. The van der Waals surface area contributed by atoms with Crippen molar-refractivity contribution in [1.82, 2.24) is 0 Å². The lowest BCUT2D eigenvalue weighted by Gasteiger charge is -2.38. The van der Waals surface area contributed by atoms with Crippen molar-refractivity contribution >= 4 is 17.3 Å². The van der Waals surface area contributed by atoms with Gasteiger partial charge in [-0.2, -0.15) is 0 Å². The average molecular weight is 211 g/mol. The van der Waals surface area contributed by atoms with Gasteiger partial charge in [0.15, 0.2) is 0 Å². The molecule has 0 aromatic heterocycles. The van der Waals surface area contributed by atoms with E-state index < -0.39 is 0 Å². The summed E-state index contributed by atoms with van der Waals surface area (Å²) in [4.78, 5) is 2.22. The monoisotopic (exact) mass is 210 g/mol. The van der Waals surface area contributed by atoms with Crippen molar-refractivity contribution in [3.05, 3.63) is 28.8 Å². The van der Waals surface area contributed by atoms with Crippen molar-refractivity contribution < 1.29 is 0 Å². The van der Waals surface area contributed by atoms with Gasteiger partial charge < -0.3 is 10.6 Å². The summed E-state index contributed by atoms with van der Waals surface area (Å²) in [5, 5.41) is 0.760. The molecule has 0 saturated carbocycles. The maximum absolute atomic E-state index is 6.24. The summed E-state index contributed by atoms with van der Waals surface area (Å²) in [7, 11) is 2.09. The van der Waals surface area contributed by atoms with Crippen LogP contribution in [0, 0.1) is 0 Å². The Labute approximate surface area is 89.7 Å². The third kappa shape index (κ3) is 1.49. The summed E-state index contributed by atoms with van der Waals surface area (Å²) in [6.07, 6.45) is 0.969. The number of nitrogens with zero attached hydrogens (tertiary/aromatic N) is 1. The molecule has 0 fully saturated rings. The van der Waals surface area contributed by atoms with Crippen molar-refractivity contribution in [1.29, 1.82) is 0 Å². The Morgan fingerprint density at radius 2 is 2.21 bits per heavy atom. The van der Waals surface area contributed by atoms with Crippen molar-refractivity contribution in [2.75, 3.05) is 18.5 Å². The Kier molecular flexibility index (Phi) is 2.20. The summed E-state index contributed by atoms with van der Waals surface area (Å²) in [5.74, 6) is 0. The average Bonchev–Trinajstić information content (AvgIpc) is 2.12. The highest BCUT2D eigenvalue weighted by Crippen LogP contribution is 2.36. The van der Waals surface area contributed by atoms with E-state index in [2.05, 4.69) is 18.9 Å². The van der Waals surface area contributed by atoms with Gasteiger partial charge in [-0.05, 0) is 37.1 Å². The predicted octanol–water partition coefficient (Wildman–Crippen LogP) is 2.35. The van der Waals surface area contributed by atoms with E-state index in [1.807, 2.05) is 18.2 Å². The van der Waals surface area contributed by atoms with Crippen molar-refractivity contribution in [2.45, 2.75) is 18.9 Å². The molecule has 1 aliphatic rings. The number of nitrogens with two attached hydrogens (primary N) is 1.